The maximum Gasteiger partial charge on any atom is 0.233 e. The van der Waals surface area contributed by atoms with Crippen molar-refractivity contribution in [2.75, 3.05) is 19.6 Å². The van der Waals surface area contributed by atoms with Gasteiger partial charge in [-0.05, 0) is 31.6 Å². The van der Waals surface area contributed by atoms with Crippen LogP contribution in [0.5, 0.6) is 0 Å². The topological polar surface area (TPSA) is 57.7 Å². The van der Waals surface area contributed by atoms with Crippen LogP contribution in [-0.4, -0.2) is 47.2 Å². The maximum absolute atomic E-state index is 12.3. The molecule has 0 spiro atoms. The van der Waals surface area contributed by atoms with Crippen molar-refractivity contribution in [1.29, 1.82) is 0 Å². The highest BCUT2D eigenvalue weighted by Crippen LogP contribution is 2.35. The first-order chi connectivity index (χ1) is 10.6. The molecule has 0 aromatic heterocycles. The van der Waals surface area contributed by atoms with E-state index < -0.39 is 0 Å². The molecule has 120 valence electrons. The molecular weight excluding hydrogens is 280 g/mol. The lowest BCUT2D eigenvalue weighted by atomic mass is 9.85. The molecule has 0 unspecified atom stereocenters. The Morgan fingerprint density at radius 3 is 2.18 bits per heavy atom. The quantitative estimate of drug-likeness (QED) is 0.587. The monoisotopic (exact) mass is 304 g/mol. The Labute approximate surface area is 131 Å². The second-order valence-electron chi connectivity index (χ2n) is 6.80. The molecule has 2 atom stereocenters. The van der Waals surface area contributed by atoms with Crippen LogP contribution in [0.25, 0.3) is 0 Å². The van der Waals surface area contributed by atoms with E-state index in [1.807, 2.05) is 17.1 Å². The van der Waals surface area contributed by atoms with Gasteiger partial charge in [-0.25, -0.2) is 0 Å². The van der Waals surface area contributed by atoms with E-state index in [1.54, 1.807) is 0 Å². The number of allylic oxidation sites excluding steroid dienone is 2. The summed E-state index contributed by atoms with van der Waals surface area (Å²) >= 11 is 0. The Hall–Kier alpha value is -1.65. The largest absolute Gasteiger partial charge is 0.343 e. The van der Waals surface area contributed by atoms with Crippen molar-refractivity contribution in [1.82, 2.24) is 9.80 Å². The van der Waals surface area contributed by atoms with Crippen LogP contribution in [0.15, 0.2) is 12.2 Å². The van der Waals surface area contributed by atoms with Crippen molar-refractivity contribution >= 4 is 17.7 Å². The van der Waals surface area contributed by atoms with E-state index in [9.17, 15) is 14.4 Å². The van der Waals surface area contributed by atoms with Gasteiger partial charge in [-0.3, -0.25) is 19.3 Å². The molecule has 3 amide bonds. The SMILES string of the molecule is CC1CCN(C(=O)CCN2C(=O)[C@H]3CC=CC[C@@H]3C2=O)CC1. The van der Waals surface area contributed by atoms with Crippen LogP contribution in [0, 0.1) is 17.8 Å². The van der Waals surface area contributed by atoms with Crippen LogP contribution in [0.3, 0.4) is 0 Å². The molecule has 3 rings (SSSR count). The molecule has 3 aliphatic rings. The van der Waals surface area contributed by atoms with E-state index in [0.717, 1.165) is 25.9 Å². The van der Waals surface area contributed by atoms with Crippen molar-refractivity contribution < 1.29 is 14.4 Å². The predicted molar refractivity (Wildman–Crippen MR) is 81.7 cm³/mol. The molecule has 2 fully saturated rings. The van der Waals surface area contributed by atoms with Gasteiger partial charge in [-0.1, -0.05) is 19.1 Å². The number of nitrogens with zero attached hydrogens (tertiary/aromatic N) is 2. The van der Waals surface area contributed by atoms with Crippen molar-refractivity contribution in [2.45, 2.75) is 39.0 Å². The van der Waals surface area contributed by atoms with Gasteiger partial charge < -0.3 is 4.90 Å². The summed E-state index contributed by atoms with van der Waals surface area (Å²) in [6.45, 7) is 4.06. The first-order valence-corrected chi connectivity index (χ1v) is 8.36. The minimum Gasteiger partial charge on any atom is -0.343 e. The lowest BCUT2D eigenvalue weighted by molar-refractivity contribution is -0.141. The lowest BCUT2D eigenvalue weighted by Crippen LogP contribution is -2.40. The van der Waals surface area contributed by atoms with Crippen LogP contribution < -0.4 is 0 Å². The van der Waals surface area contributed by atoms with E-state index in [4.69, 9.17) is 0 Å². The number of hydrogen-bond donors (Lipinski definition) is 0. The number of hydrogen-bond acceptors (Lipinski definition) is 3. The molecule has 0 aromatic rings. The Kier molecular flexibility index (Phi) is 4.32. The molecule has 0 N–H and O–H groups in total. The Morgan fingerprint density at radius 2 is 1.64 bits per heavy atom. The molecule has 0 radical (unpaired) electrons. The summed E-state index contributed by atoms with van der Waals surface area (Å²) in [5.74, 6) is 0.201. The van der Waals surface area contributed by atoms with Crippen molar-refractivity contribution in [2.24, 2.45) is 17.8 Å². The van der Waals surface area contributed by atoms with Gasteiger partial charge in [0.15, 0.2) is 0 Å². The van der Waals surface area contributed by atoms with E-state index in [0.29, 0.717) is 18.8 Å². The number of piperidine rings is 1. The smallest absolute Gasteiger partial charge is 0.233 e. The zero-order chi connectivity index (χ0) is 15.7. The third kappa shape index (κ3) is 2.81. The summed E-state index contributed by atoms with van der Waals surface area (Å²) in [6, 6.07) is 0. The Morgan fingerprint density at radius 1 is 1.09 bits per heavy atom. The third-order valence-corrected chi connectivity index (χ3v) is 5.28. The highest BCUT2D eigenvalue weighted by atomic mass is 16.2. The van der Waals surface area contributed by atoms with Gasteiger partial charge in [0.2, 0.25) is 17.7 Å². The van der Waals surface area contributed by atoms with Gasteiger partial charge in [-0.15, -0.1) is 0 Å². The van der Waals surface area contributed by atoms with Crippen LogP contribution in [0.1, 0.15) is 39.0 Å². The number of carbonyl (C=O) groups is 3. The zero-order valence-electron chi connectivity index (χ0n) is 13.2. The number of rotatable bonds is 3. The van der Waals surface area contributed by atoms with E-state index in [2.05, 4.69) is 6.92 Å². The molecule has 5 heteroatoms. The standard InChI is InChI=1S/C17H24N2O3/c1-12-6-9-18(10-7-12)15(20)8-11-19-16(21)13-4-2-3-5-14(13)17(19)22/h2-3,12-14H,4-11H2,1H3/t13-,14-/m0/s1. The number of carbonyl (C=O) groups excluding carboxylic acids is 3. The number of likely N-dealkylation sites (tertiary alicyclic amines) is 2. The van der Waals surface area contributed by atoms with Crippen molar-refractivity contribution in [3.8, 4) is 0 Å². The normalized spacial score (nSPS) is 29.1. The average Bonchev–Trinajstić information content (AvgIpc) is 2.78. The van der Waals surface area contributed by atoms with Gasteiger partial charge in [0, 0.05) is 26.1 Å². The van der Waals surface area contributed by atoms with E-state index >= 15 is 0 Å². The third-order valence-electron chi connectivity index (χ3n) is 5.28. The first-order valence-electron chi connectivity index (χ1n) is 8.36. The summed E-state index contributed by atoms with van der Waals surface area (Å²) in [4.78, 5) is 40.1. The molecule has 1 aliphatic carbocycles. The van der Waals surface area contributed by atoms with Crippen LogP contribution >= 0.6 is 0 Å². The van der Waals surface area contributed by atoms with Crippen molar-refractivity contribution in [3.05, 3.63) is 12.2 Å². The summed E-state index contributed by atoms with van der Waals surface area (Å²) < 4.78 is 0. The summed E-state index contributed by atoms with van der Waals surface area (Å²) in [5.41, 5.74) is 0. The molecule has 0 bridgehead atoms. The van der Waals surface area contributed by atoms with E-state index in [1.165, 1.54) is 4.90 Å². The minimum absolute atomic E-state index is 0.0699. The number of fused-ring (bicyclic) bond motifs is 1. The minimum atomic E-state index is -0.191. The molecule has 2 saturated heterocycles. The molecule has 2 heterocycles. The molecular formula is C17H24N2O3. The molecule has 22 heavy (non-hydrogen) atoms. The van der Waals surface area contributed by atoms with Gasteiger partial charge in [0.1, 0.15) is 0 Å². The highest BCUT2D eigenvalue weighted by Gasteiger charge is 2.47. The van der Waals surface area contributed by atoms with Crippen LogP contribution in [0.4, 0.5) is 0 Å². The number of imide groups is 1. The average molecular weight is 304 g/mol. The summed E-state index contributed by atoms with van der Waals surface area (Å²) in [7, 11) is 0. The van der Waals surface area contributed by atoms with Crippen LogP contribution in [-0.2, 0) is 14.4 Å². The highest BCUT2D eigenvalue weighted by molar-refractivity contribution is 6.05. The zero-order valence-corrected chi connectivity index (χ0v) is 13.2. The first kappa shape index (κ1) is 15.3. The fourth-order valence-corrected chi connectivity index (χ4v) is 3.71. The predicted octanol–water partition coefficient (Wildman–Crippen LogP) is 1.59. The molecule has 5 nitrogen and oxygen atoms in total. The molecule has 2 aliphatic heterocycles. The van der Waals surface area contributed by atoms with Gasteiger partial charge in [0.25, 0.3) is 0 Å². The fourth-order valence-electron chi connectivity index (χ4n) is 3.71. The Balaban J connectivity index is 1.54. The van der Waals surface area contributed by atoms with Crippen LogP contribution in [0.2, 0.25) is 0 Å². The lowest BCUT2D eigenvalue weighted by Gasteiger charge is -2.30. The van der Waals surface area contributed by atoms with Crippen molar-refractivity contribution in [3.63, 3.8) is 0 Å². The molecule has 0 aromatic carbocycles. The maximum atomic E-state index is 12.3. The summed E-state index contributed by atoms with van der Waals surface area (Å²) in [6.07, 6.45) is 7.63. The number of amides is 3. The fraction of sp³-hybridized carbons (Fsp3) is 0.706. The Bertz CT molecular complexity index is 480. The van der Waals surface area contributed by atoms with E-state index in [-0.39, 0.29) is 42.5 Å². The second-order valence-corrected chi connectivity index (χ2v) is 6.80. The van der Waals surface area contributed by atoms with Gasteiger partial charge in [-0.2, -0.15) is 0 Å². The second kappa shape index (κ2) is 6.23. The summed E-state index contributed by atoms with van der Waals surface area (Å²) in [5, 5.41) is 0. The van der Waals surface area contributed by atoms with Gasteiger partial charge in [0.05, 0.1) is 11.8 Å². The van der Waals surface area contributed by atoms with Gasteiger partial charge >= 0.3 is 0 Å². The molecule has 0 saturated carbocycles.